The number of rotatable bonds is 6. The van der Waals surface area contributed by atoms with Gasteiger partial charge in [-0.2, -0.15) is 0 Å². The molecule has 0 unspecified atom stereocenters. The van der Waals surface area contributed by atoms with Crippen molar-refractivity contribution >= 4 is 23.0 Å². The minimum Gasteiger partial charge on any atom is -0.379 e. The number of benzene rings is 1. The molecule has 0 aromatic heterocycles. The van der Waals surface area contributed by atoms with Gasteiger partial charge in [-0.1, -0.05) is 12.8 Å². The fourth-order valence-corrected chi connectivity index (χ4v) is 2.73. The highest BCUT2D eigenvalue weighted by Gasteiger charge is 2.23. The predicted molar refractivity (Wildman–Crippen MR) is 80.5 cm³/mol. The van der Waals surface area contributed by atoms with E-state index in [1.807, 2.05) is 0 Å². The number of fused-ring (bicyclic) bond motifs is 1. The fourth-order valence-electron chi connectivity index (χ4n) is 2.73. The zero-order valence-electron chi connectivity index (χ0n) is 11.9. The summed E-state index contributed by atoms with van der Waals surface area (Å²) in [5.74, 6) is 0.834. The number of aryl methyl sites for hydroxylation is 1. The topological polar surface area (TPSA) is 84.3 Å². The van der Waals surface area contributed by atoms with E-state index >= 15 is 0 Å². The average molecular weight is 289 g/mol. The molecule has 1 aromatic carbocycles. The van der Waals surface area contributed by atoms with Crippen LogP contribution in [0.25, 0.3) is 0 Å². The number of nitro groups is 1. The molecule has 6 nitrogen and oxygen atoms in total. The van der Waals surface area contributed by atoms with Crippen LogP contribution in [0.2, 0.25) is 0 Å². The highest BCUT2D eigenvalue weighted by Crippen LogP contribution is 2.35. The number of hydrogen-bond donors (Lipinski definition) is 2. The average Bonchev–Trinajstić information content (AvgIpc) is 3.26. The molecule has 1 fully saturated rings. The molecule has 0 saturated heterocycles. The molecule has 6 heteroatoms. The van der Waals surface area contributed by atoms with Crippen molar-refractivity contribution in [2.75, 3.05) is 17.2 Å². The Bertz CT molecular complexity index is 582. The molecule has 0 radical (unpaired) electrons. The van der Waals surface area contributed by atoms with E-state index in [1.54, 1.807) is 12.1 Å². The highest BCUT2D eigenvalue weighted by atomic mass is 16.6. The molecule has 2 aliphatic rings. The van der Waals surface area contributed by atoms with Gasteiger partial charge < -0.3 is 10.6 Å². The lowest BCUT2D eigenvalue weighted by atomic mass is 10.0. The summed E-state index contributed by atoms with van der Waals surface area (Å²) in [6.07, 6.45) is 5.80. The van der Waals surface area contributed by atoms with E-state index in [-0.39, 0.29) is 16.5 Å². The van der Waals surface area contributed by atoms with Gasteiger partial charge in [-0.15, -0.1) is 0 Å². The number of carbonyl (C=O) groups is 1. The van der Waals surface area contributed by atoms with Gasteiger partial charge in [0.25, 0.3) is 5.69 Å². The van der Waals surface area contributed by atoms with Crippen LogP contribution in [0.15, 0.2) is 12.1 Å². The molecule has 3 rings (SSSR count). The lowest BCUT2D eigenvalue weighted by Gasteiger charge is -2.18. The van der Waals surface area contributed by atoms with Crippen LogP contribution in [0.3, 0.4) is 0 Å². The summed E-state index contributed by atoms with van der Waals surface area (Å²) >= 11 is 0. The number of nitrogens with one attached hydrogen (secondary N) is 2. The monoisotopic (exact) mass is 289 g/mol. The number of anilines is 2. The van der Waals surface area contributed by atoms with E-state index in [0.29, 0.717) is 24.2 Å². The van der Waals surface area contributed by atoms with Crippen LogP contribution in [-0.4, -0.2) is 17.4 Å². The van der Waals surface area contributed by atoms with Gasteiger partial charge >= 0.3 is 0 Å². The van der Waals surface area contributed by atoms with Crippen LogP contribution in [0.4, 0.5) is 17.1 Å². The lowest BCUT2D eigenvalue weighted by Crippen LogP contribution is -2.19. The van der Waals surface area contributed by atoms with Crippen molar-refractivity contribution in [2.45, 2.75) is 38.5 Å². The quantitative estimate of drug-likeness (QED) is 0.479. The first-order valence-electron chi connectivity index (χ1n) is 7.48. The minimum absolute atomic E-state index is 0.0314. The van der Waals surface area contributed by atoms with Crippen molar-refractivity contribution in [3.63, 3.8) is 0 Å². The zero-order valence-corrected chi connectivity index (χ0v) is 11.9. The lowest BCUT2D eigenvalue weighted by molar-refractivity contribution is -0.384. The van der Waals surface area contributed by atoms with E-state index in [4.69, 9.17) is 0 Å². The Labute approximate surface area is 123 Å². The molecule has 1 aliphatic heterocycles. The summed E-state index contributed by atoms with van der Waals surface area (Å²) in [6, 6.07) is 3.28. The van der Waals surface area contributed by atoms with Crippen molar-refractivity contribution in [1.82, 2.24) is 0 Å². The summed E-state index contributed by atoms with van der Waals surface area (Å²) in [4.78, 5) is 22.3. The summed E-state index contributed by atoms with van der Waals surface area (Å²) in [6.45, 7) is 0.726. The van der Waals surface area contributed by atoms with Crippen molar-refractivity contribution in [2.24, 2.45) is 5.92 Å². The van der Waals surface area contributed by atoms with Gasteiger partial charge in [0, 0.05) is 24.7 Å². The van der Waals surface area contributed by atoms with E-state index in [0.717, 1.165) is 24.4 Å². The number of nitro benzene ring substituents is 1. The maximum Gasteiger partial charge on any atom is 0.292 e. The summed E-state index contributed by atoms with van der Waals surface area (Å²) in [7, 11) is 0. The van der Waals surface area contributed by atoms with Gasteiger partial charge in [-0.25, -0.2) is 0 Å². The van der Waals surface area contributed by atoms with Crippen molar-refractivity contribution in [3.8, 4) is 0 Å². The number of hydrogen-bond acceptors (Lipinski definition) is 4. The Balaban J connectivity index is 1.74. The first kappa shape index (κ1) is 13.9. The molecular formula is C15H19N3O3. The Kier molecular flexibility index (Phi) is 3.77. The molecule has 112 valence electrons. The molecular weight excluding hydrogens is 270 g/mol. The third-order valence-corrected chi connectivity index (χ3v) is 4.12. The largest absolute Gasteiger partial charge is 0.379 e. The second-order valence-electron chi connectivity index (χ2n) is 5.84. The normalized spacial score (nSPS) is 17.0. The fraction of sp³-hybridized carbons (Fsp3) is 0.533. The first-order valence-corrected chi connectivity index (χ1v) is 7.48. The van der Waals surface area contributed by atoms with Gasteiger partial charge in [-0.3, -0.25) is 14.9 Å². The second-order valence-corrected chi connectivity index (χ2v) is 5.84. The maximum absolute atomic E-state index is 11.4. The Hall–Kier alpha value is -2.11. The van der Waals surface area contributed by atoms with Gasteiger partial charge in [0.2, 0.25) is 5.91 Å². The smallest absolute Gasteiger partial charge is 0.292 e. The van der Waals surface area contributed by atoms with E-state index in [9.17, 15) is 14.9 Å². The van der Waals surface area contributed by atoms with Crippen molar-refractivity contribution in [1.29, 1.82) is 0 Å². The molecule has 1 heterocycles. The van der Waals surface area contributed by atoms with Crippen LogP contribution >= 0.6 is 0 Å². The zero-order chi connectivity index (χ0) is 14.8. The van der Waals surface area contributed by atoms with Crippen molar-refractivity contribution in [3.05, 3.63) is 27.8 Å². The van der Waals surface area contributed by atoms with Gasteiger partial charge in [0.05, 0.1) is 4.92 Å². The summed E-state index contributed by atoms with van der Waals surface area (Å²) < 4.78 is 0. The van der Waals surface area contributed by atoms with Crippen molar-refractivity contribution < 1.29 is 9.72 Å². The molecule has 0 spiro atoms. The third kappa shape index (κ3) is 3.32. The third-order valence-electron chi connectivity index (χ3n) is 4.12. The van der Waals surface area contributed by atoms with Gasteiger partial charge in [-0.05, 0) is 36.8 Å². The first-order chi connectivity index (χ1) is 10.1. The predicted octanol–water partition coefficient (Wildman–Crippen LogP) is 3.08. The molecule has 1 saturated carbocycles. The molecule has 0 atom stereocenters. The Morgan fingerprint density at radius 2 is 2.14 bits per heavy atom. The Morgan fingerprint density at radius 3 is 2.86 bits per heavy atom. The maximum atomic E-state index is 11.4. The standard InChI is InChI=1S/C15H19N3O3/c19-15-6-5-11-8-14(18(20)21)13(9-12(11)17-15)16-7-1-2-10-3-4-10/h8-10,16H,1-7H2,(H,17,19). The summed E-state index contributed by atoms with van der Waals surface area (Å²) in [5, 5.41) is 17.1. The Morgan fingerprint density at radius 1 is 1.33 bits per heavy atom. The molecule has 2 N–H and O–H groups in total. The number of amides is 1. The van der Waals surface area contributed by atoms with Crippen LogP contribution in [0, 0.1) is 16.0 Å². The van der Waals surface area contributed by atoms with Gasteiger partial charge in [0.15, 0.2) is 0 Å². The summed E-state index contributed by atoms with van der Waals surface area (Å²) in [5.41, 5.74) is 2.12. The molecule has 1 amide bonds. The van der Waals surface area contributed by atoms with Crippen LogP contribution in [0.1, 0.15) is 37.7 Å². The SMILES string of the molecule is O=C1CCc2cc([N+](=O)[O-])c(NCCCC3CC3)cc2N1. The van der Waals surface area contributed by atoms with E-state index in [2.05, 4.69) is 10.6 Å². The van der Waals surface area contributed by atoms with Crippen LogP contribution < -0.4 is 10.6 Å². The van der Waals surface area contributed by atoms with E-state index < -0.39 is 0 Å². The van der Waals surface area contributed by atoms with Crippen LogP contribution in [0.5, 0.6) is 0 Å². The number of carbonyl (C=O) groups excluding carboxylic acids is 1. The van der Waals surface area contributed by atoms with Crippen LogP contribution in [-0.2, 0) is 11.2 Å². The highest BCUT2D eigenvalue weighted by molar-refractivity contribution is 5.95. The minimum atomic E-state index is -0.361. The van der Waals surface area contributed by atoms with E-state index in [1.165, 1.54) is 19.3 Å². The van der Waals surface area contributed by atoms with Gasteiger partial charge in [0.1, 0.15) is 5.69 Å². The molecule has 0 bridgehead atoms. The molecule has 21 heavy (non-hydrogen) atoms. The molecule has 1 aromatic rings. The second kappa shape index (κ2) is 5.71. The molecule has 1 aliphatic carbocycles. The number of nitrogens with zero attached hydrogens (tertiary/aromatic N) is 1.